The highest BCUT2D eigenvalue weighted by Crippen LogP contribution is 2.52. The summed E-state index contributed by atoms with van der Waals surface area (Å²) in [5, 5.41) is 0. The lowest BCUT2D eigenvalue weighted by atomic mass is 9.88. The summed E-state index contributed by atoms with van der Waals surface area (Å²) in [5.74, 6) is 34.3. The second kappa shape index (κ2) is 30.8. The number of carbonyl (C=O) groups excluding carboxylic acids is 2. The lowest BCUT2D eigenvalue weighted by molar-refractivity contribution is -0.109. The van der Waals surface area contributed by atoms with Gasteiger partial charge in [-0.05, 0) is 190 Å². The van der Waals surface area contributed by atoms with Gasteiger partial charge in [0.2, 0.25) is 0 Å². The molecule has 2 aliphatic carbocycles. The number of allylic oxidation sites excluding steroid dienone is 8. The molecule has 0 atom stereocenters. The summed E-state index contributed by atoms with van der Waals surface area (Å²) in [4.78, 5) is 31.7. The van der Waals surface area contributed by atoms with Gasteiger partial charge in [-0.3, -0.25) is 9.59 Å². The van der Waals surface area contributed by atoms with Gasteiger partial charge in [0.05, 0.1) is 0 Å². The van der Waals surface area contributed by atoms with Crippen LogP contribution in [-0.4, -0.2) is 27.7 Å². The predicted octanol–water partition coefficient (Wildman–Crippen LogP) is 21.7. The second-order valence-corrected chi connectivity index (χ2v) is 37.2. The fourth-order valence-corrected chi connectivity index (χ4v) is 13.5. The average molecular weight is 1380 g/mol. The Hall–Kier alpha value is -13.5. The first kappa shape index (κ1) is 68.7. The Labute approximate surface area is 619 Å². The monoisotopic (exact) mass is 1370 g/mol. The van der Waals surface area contributed by atoms with Crippen molar-refractivity contribution in [3.05, 3.63) is 416 Å². The lowest BCUT2D eigenvalue weighted by Gasteiger charge is -2.16. The van der Waals surface area contributed by atoms with E-state index in [9.17, 15) is 0 Å². The zero-order chi connectivity index (χ0) is 72.3. The third kappa shape index (κ3) is 16.6. The molecule has 105 heavy (non-hydrogen) atoms. The molecule has 12 aromatic carbocycles. The summed E-state index contributed by atoms with van der Waals surface area (Å²) < 4.78 is 6.80. The molecule has 0 saturated heterocycles. The van der Waals surface area contributed by atoms with Crippen molar-refractivity contribution in [2.45, 2.75) is 39.3 Å². The fraction of sp³-hybridized carbons (Fsp3) is 0.0600. The van der Waals surface area contributed by atoms with Crippen LogP contribution in [0.25, 0.3) is 44.6 Å². The van der Waals surface area contributed by atoms with Crippen molar-refractivity contribution in [2.75, 3.05) is 0 Å². The number of hydrogen-bond acceptors (Lipinski definition) is 3. The molecule has 0 heterocycles. The highest BCUT2D eigenvalue weighted by molar-refractivity contribution is 6.84. The lowest BCUT2D eigenvalue weighted by Crippen LogP contribution is -2.16. The summed E-state index contributed by atoms with van der Waals surface area (Å²) in [6.07, 6.45) is 0. The third-order valence-electron chi connectivity index (χ3n) is 17.6. The molecule has 0 aromatic heterocycles. The number of ether oxygens (including phenoxy) is 1. The van der Waals surface area contributed by atoms with E-state index >= 15 is 9.59 Å². The van der Waals surface area contributed by atoms with Gasteiger partial charge in [0.1, 0.15) is 27.6 Å². The standard InChI is InChI=1S/C100H70O3Si2/c1-104(2,3)69-67-79-43-47-81(48-44-79)91-93(97(87-55-39-77(40-56-87)33-29-73-23-15-9-16-24-73)99(101)95(91)85-51-35-75(36-52-85)31-27-71-19-11-7-12-20-71)83-59-63-89(64-60-83)103-90-65-61-84(62-66-90)94-92(82-49-45-80(46-50-82)68-70-105(4,5)6)96(86-53-37-76(38-54-86)32-28-72-21-13-8-14-22-72)100(102)98(94)88-57-41-78(42-58-88)34-30-74-25-17-10-18-26-74/h7-26,35-66H,1-6H3. The van der Waals surface area contributed by atoms with Gasteiger partial charge in [0.15, 0.2) is 11.6 Å². The Balaban J connectivity index is 0.858. The highest BCUT2D eigenvalue weighted by atomic mass is 28.3. The smallest absolute Gasteiger partial charge is 0.195 e. The molecule has 0 saturated carbocycles. The van der Waals surface area contributed by atoms with Gasteiger partial charge in [0, 0.05) is 100 Å². The van der Waals surface area contributed by atoms with Gasteiger partial charge in [-0.2, -0.15) is 0 Å². The Morgan fingerprint density at radius 2 is 0.352 bits per heavy atom. The normalized spacial score (nSPS) is 12.5. The average Bonchev–Trinajstić information content (AvgIpc) is 1.59. The number of Topliss-reactive ketones (excluding diaryl/α,β-unsaturated/α-hetero) is 2. The summed E-state index contributed by atoms with van der Waals surface area (Å²) >= 11 is 0. The Morgan fingerprint density at radius 3 is 0.543 bits per heavy atom. The summed E-state index contributed by atoms with van der Waals surface area (Å²) in [6.45, 7) is 13.4. The molecular formula is C100H70O3Si2. The van der Waals surface area contributed by atoms with Gasteiger partial charge >= 0.3 is 0 Å². The van der Waals surface area contributed by atoms with Crippen LogP contribution in [0.3, 0.4) is 0 Å². The molecule has 14 rings (SSSR count). The van der Waals surface area contributed by atoms with E-state index in [1.807, 2.05) is 267 Å². The van der Waals surface area contributed by atoms with Crippen molar-refractivity contribution in [1.82, 2.24) is 0 Å². The maximum absolute atomic E-state index is 15.9. The molecule has 0 bridgehead atoms. The molecule has 12 aromatic rings. The SMILES string of the molecule is C[Si](C)(C)C#Cc1ccc(C2=C(c3ccc(C#Cc4ccccc4)cc3)C(=O)C(c3ccc(C#Cc4ccccc4)cc3)=C2c2ccc(Oc3ccc(C4=C(c5ccc(C#Cc6ccccc6)cc5)C(=O)C(c5ccc(C#Cc6ccccc6)cc5)=C4c4ccc(C#C[Si](C)(C)C)cc4)cc3)cc2)cc1. The Morgan fingerprint density at radius 1 is 0.190 bits per heavy atom. The molecule has 0 fully saturated rings. The number of hydrogen-bond donors (Lipinski definition) is 0. The van der Waals surface area contributed by atoms with Crippen molar-refractivity contribution in [2.24, 2.45) is 0 Å². The molecule has 0 N–H and O–H groups in total. The largest absolute Gasteiger partial charge is 0.457 e. The van der Waals surface area contributed by atoms with E-state index in [1.165, 1.54) is 0 Å². The van der Waals surface area contributed by atoms with Gasteiger partial charge in [-0.1, -0.05) is 268 Å². The molecule has 5 heteroatoms. The van der Waals surface area contributed by atoms with Crippen molar-refractivity contribution < 1.29 is 14.3 Å². The van der Waals surface area contributed by atoms with E-state index in [4.69, 9.17) is 4.74 Å². The van der Waals surface area contributed by atoms with E-state index in [0.29, 0.717) is 33.8 Å². The predicted molar refractivity (Wildman–Crippen MR) is 439 cm³/mol. The second-order valence-electron chi connectivity index (χ2n) is 27.7. The minimum Gasteiger partial charge on any atom is -0.457 e. The van der Waals surface area contributed by atoms with Crippen LogP contribution < -0.4 is 4.74 Å². The third-order valence-corrected chi connectivity index (χ3v) is 19.4. The van der Waals surface area contributed by atoms with Crippen molar-refractivity contribution in [1.29, 1.82) is 0 Å². The summed E-state index contributed by atoms with van der Waals surface area (Å²) in [6, 6.07) is 104. The number of benzene rings is 12. The molecule has 0 spiro atoms. The first-order chi connectivity index (χ1) is 51.1. The molecule has 3 nitrogen and oxygen atoms in total. The quantitative estimate of drug-likeness (QED) is 0.101. The fourth-order valence-electron chi connectivity index (χ4n) is 12.5. The minimum absolute atomic E-state index is 0.0992. The van der Waals surface area contributed by atoms with E-state index in [1.54, 1.807) is 0 Å². The number of rotatable bonds is 10. The van der Waals surface area contributed by atoms with Crippen LogP contribution in [0, 0.1) is 70.3 Å². The van der Waals surface area contributed by atoms with E-state index in [0.717, 1.165) is 122 Å². The molecule has 0 unspecified atom stereocenters. The van der Waals surface area contributed by atoms with Crippen LogP contribution in [0.5, 0.6) is 11.5 Å². The van der Waals surface area contributed by atoms with Crippen LogP contribution >= 0.6 is 0 Å². The van der Waals surface area contributed by atoms with Crippen molar-refractivity contribution >= 4 is 72.3 Å². The highest BCUT2D eigenvalue weighted by Gasteiger charge is 2.37. The Bertz CT molecular complexity index is 5490. The molecule has 2 aliphatic rings. The molecule has 0 radical (unpaired) electrons. The maximum Gasteiger partial charge on any atom is 0.195 e. The van der Waals surface area contributed by atoms with Crippen molar-refractivity contribution in [3.8, 4) is 81.8 Å². The molecule has 496 valence electrons. The van der Waals surface area contributed by atoms with Gasteiger partial charge in [0.25, 0.3) is 0 Å². The van der Waals surface area contributed by atoms with Crippen LogP contribution in [0.1, 0.15) is 100 Å². The summed E-state index contributed by atoms with van der Waals surface area (Å²) in [5.41, 5.74) is 27.8. The van der Waals surface area contributed by atoms with E-state index < -0.39 is 16.1 Å². The van der Waals surface area contributed by atoms with Crippen LogP contribution in [0.15, 0.2) is 315 Å². The maximum atomic E-state index is 15.9. The molecule has 0 amide bonds. The zero-order valence-corrected chi connectivity index (χ0v) is 61.2. The van der Waals surface area contributed by atoms with Gasteiger partial charge < -0.3 is 4.74 Å². The number of carbonyl (C=O) groups is 2. The minimum atomic E-state index is -1.69. The zero-order valence-electron chi connectivity index (χ0n) is 59.2. The summed E-state index contributed by atoms with van der Waals surface area (Å²) in [7, 11) is -3.37. The van der Waals surface area contributed by atoms with Crippen LogP contribution in [0.2, 0.25) is 39.3 Å². The van der Waals surface area contributed by atoms with Gasteiger partial charge in [-0.25, -0.2) is 0 Å². The number of ketones is 2. The molecular weight excluding hydrogens is 1310 g/mol. The topological polar surface area (TPSA) is 43.4 Å². The Kier molecular flexibility index (Phi) is 20.1. The first-order valence-electron chi connectivity index (χ1n) is 35.0. The van der Waals surface area contributed by atoms with E-state index in [-0.39, 0.29) is 11.6 Å². The van der Waals surface area contributed by atoms with Crippen LogP contribution in [0.4, 0.5) is 0 Å². The molecule has 0 aliphatic heterocycles. The van der Waals surface area contributed by atoms with Crippen molar-refractivity contribution in [3.63, 3.8) is 0 Å². The van der Waals surface area contributed by atoms with E-state index in [2.05, 4.69) is 158 Å². The van der Waals surface area contributed by atoms with Crippen LogP contribution in [-0.2, 0) is 9.59 Å². The first-order valence-corrected chi connectivity index (χ1v) is 42.0. The van der Waals surface area contributed by atoms with Gasteiger partial charge in [-0.15, -0.1) is 11.1 Å².